The van der Waals surface area contributed by atoms with E-state index in [1.54, 1.807) is 23.1 Å². The lowest BCUT2D eigenvalue weighted by molar-refractivity contribution is -0.905. The van der Waals surface area contributed by atoms with Crippen LogP contribution in [0.1, 0.15) is 11.1 Å². The fourth-order valence-corrected chi connectivity index (χ4v) is 3.49. The summed E-state index contributed by atoms with van der Waals surface area (Å²) < 4.78 is 51.8. The van der Waals surface area contributed by atoms with E-state index in [1.165, 1.54) is 30.3 Å². The first kappa shape index (κ1) is 23.5. The zero-order valence-electron chi connectivity index (χ0n) is 17.5. The second-order valence-corrected chi connectivity index (χ2v) is 8.06. The van der Waals surface area contributed by atoms with Crippen molar-refractivity contribution in [3.8, 4) is 0 Å². The summed E-state index contributed by atoms with van der Waals surface area (Å²) in [6.07, 6.45) is -1.43. The van der Waals surface area contributed by atoms with E-state index < -0.39 is 11.7 Å². The van der Waals surface area contributed by atoms with Crippen LogP contribution in [-0.2, 0) is 15.8 Å². The van der Waals surface area contributed by atoms with E-state index >= 15 is 0 Å². The number of rotatable bonds is 5. The summed E-state index contributed by atoms with van der Waals surface area (Å²) in [4.78, 5) is 26.5. The van der Waals surface area contributed by atoms with E-state index in [-0.39, 0.29) is 29.9 Å². The molecule has 170 valence electrons. The molecule has 0 aliphatic carbocycles. The van der Waals surface area contributed by atoms with Gasteiger partial charge in [-0.2, -0.15) is 13.2 Å². The number of carbonyl (C=O) groups is 2. The van der Waals surface area contributed by atoms with Crippen molar-refractivity contribution < 1.29 is 31.6 Å². The van der Waals surface area contributed by atoms with E-state index in [0.29, 0.717) is 36.2 Å². The van der Waals surface area contributed by atoms with Crippen molar-refractivity contribution in [2.24, 2.45) is 0 Å². The van der Waals surface area contributed by atoms with Crippen LogP contribution >= 0.6 is 0 Å². The molecule has 0 radical (unpaired) electrons. The van der Waals surface area contributed by atoms with Crippen LogP contribution in [0.2, 0.25) is 0 Å². The Hall–Kier alpha value is -3.20. The standard InChI is InChI=1S/C23H23F4N3O2/c1-30(16-21(31)28-20-4-2-3-18(15-20)23(25,26)27)13-11-29(12-14-30)22(32)10-7-17-5-8-19(24)9-6-17/h2-10,15H,11-14,16H2,1H3/p+1. The molecule has 1 aliphatic heterocycles. The van der Waals surface area contributed by atoms with Crippen molar-refractivity contribution in [2.45, 2.75) is 6.18 Å². The molecule has 0 bridgehead atoms. The molecule has 0 spiro atoms. The van der Waals surface area contributed by atoms with Crippen LogP contribution in [0, 0.1) is 5.82 Å². The highest BCUT2D eigenvalue weighted by Crippen LogP contribution is 2.30. The lowest BCUT2D eigenvalue weighted by atomic mass is 10.2. The molecule has 0 atom stereocenters. The van der Waals surface area contributed by atoms with Crippen molar-refractivity contribution in [1.29, 1.82) is 0 Å². The number of anilines is 1. The van der Waals surface area contributed by atoms with Crippen molar-refractivity contribution in [1.82, 2.24) is 4.90 Å². The van der Waals surface area contributed by atoms with Gasteiger partial charge in [0.25, 0.3) is 5.91 Å². The van der Waals surface area contributed by atoms with Gasteiger partial charge in [0, 0.05) is 11.8 Å². The smallest absolute Gasteiger partial charge is 0.328 e. The van der Waals surface area contributed by atoms with E-state index in [2.05, 4.69) is 5.32 Å². The third kappa shape index (κ3) is 6.40. The number of likely N-dealkylation sites (N-methyl/N-ethyl adjacent to an activating group) is 1. The van der Waals surface area contributed by atoms with Gasteiger partial charge in [0.05, 0.1) is 38.8 Å². The largest absolute Gasteiger partial charge is 0.416 e. The SMILES string of the molecule is C[N+]1(CC(=O)Nc2cccc(C(F)(F)F)c2)CCN(C(=O)C=Cc2ccc(F)cc2)CC1. The molecule has 3 rings (SSSR count). The Balaban J connectivity index is 1.51. The van der Waals surface area contributed by atoms with Gasteiger partial charge < -0.3 is 14.7 Å². The molecule has 0 saturated carbocycles. The number of hydrogen-bond acceptors (Lipinski definition) is 2. The molecule has 1 heterocycles. The van der Waals surface area contributed by atoms with Gasteiger partial charge >= 0.3 is 6.18 Å². The zero-order valence-corrected chi connectivity index (χ0v) is 17.5. The molecule has 0 aromatic heterocycles. The first-order valence-electron chi connectivity index (χ1n) is 10.1. The Bertz CT molecular complexity index is 995. The van der Waals surface area contributed by atoms with Gasteiger partial charge in [0.2, 0.25) is 5.91 Å². The van der Waals surface area contributed by atoms with Crippen LogP contribution in [0.25, 0.3) is 6.08 Å². The molecular formula is C23H24F4N3O2+. The Kier molecular flexibility index (Phi) is 6.98. The van der Waals surface area contributed by atoms with E-state index in [0.717, 1.165) is 12.1 Å². The number of nitrogens with one attached hydrogen (secondary N) is 1. The van der Waals surface area contributed by atoms with Gasteiger partial charge in [-0.3, -0.25) is 9.59 Å². The average molecular weight is 450 g/mol. The Labute approximate surface area is 183 Å². The van der Waals surface area contributed by atoms with Gasteiger partial charge in [0.15, 0.2) is 6.54 Å². The average Bonchev–Trinajstić information content (AvgIpc) is 2.73. The number of carbonyl (C=O) groups excluding carboxylic acids is 2. The number of benzene rings is 2. The van der Waals surface area contributed by atoms with E-state index in [4.69, 9.17) is 0 Å². The molecule has 2 aromatic rings. The highest BCUT2D eigenvalue weighted by Gasteiger charge is 2.33. The fraction of sp³-hybridized carbons (Fsp3) is 0.304. The maximum Gasteiger partial charge on any atom is 0.416 e. The molecule has 32 heavy (non-hydrogen) atoms. The predicted octanol–water partition coefficient (Wildman–Crippen LogP) is 3.79. The molecule has 1 aliphatic rings. The van der Waals surface area contributed by atoms with Gasteiger partial charge in [-0.05, 0) is 42.0 Å². The minimum Gasteiger partial charge on any atom is -0.328 e. The molecule has 1 N–H and O–H groups in total. The first-order valence-corrected chi connectivity index (χ1v) is 10.1. The Morgan fingerprint density at radius 2 is 1.75 bits per heavy atom. The van der Waals surface area contributed by atoms with Gasteiger partial charge in [0.1, 0.15) is 5.82 Å². The van der Waals surface area contributed by atoms with Crippen molar-refractivity contribution in [2.75, 3.05) is 45.1 Å². The minimum absolute atomic E-state index is 0.0870. The van der Waals surface area contributed by atoms with Crippen LogP contribution < -0.4 is 5.32 Å². The number of halogens is 4. The van der Waals surface area contributed by atoms with E-state index in [1.807, 2.05) is 7.05 Å². The minimum atomic E-state index is -4.48. The van der Waals surface area contributed by atoms with Crippen LogP contribution in [0.4, 0.5) is 23.2 Å². The fourth-order valence-electron chi connectivity index (χ4n) is 3.49. The first-order chi connectivity index (χ1) is 15.0. The topological polar surface area (TPSA) is 49.4 Å². The molecule has 0 unspecified atom stereocenters. The summed E-state index contributed by atoms with van der Waals surface area (Å²) in [5.74, 6) is -0.907. The molecule has 5 nitrogen and oxygen atoms in total. The third-order valence-corrected chi connectivity index (χ3v) is 5.42. The summed E-state index contributed by atoms with van der Waals surface area (Å²) in [6.45, 7) is 2.04. The quantitative estimate of drug-likeness (QED) is 0.428. The van der Waals surface area contributed by atoms with Gasteiger partial charge in [-0.15, -0.1) is 0 Å². The monoisotopic (exact) mass is 450 g/mol. The number of quaternary nitrogens is 1. The number of alkyl halides is 3. The van der Waals surface area contributed by atoms with Crippen LogP contribution in [0.5, 0.6) is 0 Å². The summed E-state index contributed by atoms with van der Waals surface area (Å²) in [7, 11) is 1.88. The zero-order chi connectivity index (χ0) is 23.4. The summed E-state index contributed by atoms with van der Waals surface area (Å²) in [5.41, 5.74) is -0.0173. The maximum absolute atomic E-state index is 13.0. The molecule has 1 saturated heterocycles. The second-order valence-electron chi connectivity index (χ2n) is 8.06. The van der Waals surface area contributed by atoms with Crippen LogP contribution in [0.15, 0.2) is 54.6 Å². The summed E-state index contributed by atoms with van der Waals surface area (Å²) in [6, 6.07) is 10.3. The predicted molar refractivity (Wildman–Crippen MR) is 113 cm³/mol. The molecule has 2 amide bonds. The highest BCUT2D eigenvalue weighted by molar-refractivity contribution is 5.92. The number of nitrogens with zero attached hydrogens (tertiary/aromatic N) is 2. The number of piperazine rings is 1. The lowest BCUT2D eigenvalue weighted by Gasteiger charge is -2.41. The third-order valence-electron chi connectivity index (χ3n) is 5.42. The molecule has 1 fully saturated rings. The molecule has 2 aromatic carbocycles. The van der Waals surface area contributed by atoms with Gasteiger partial charge in [-0.1, -0.05) is 18.2 Å². The van der Waals surface area contributed by atoms with Crippen LogP contribution in [0.3, 0.4) is 0 Å². The van der Waals surface area contributed by atoms with Gasteiger partial charge in [-0.25, -0.2) is 4.39 Å². The maximum atomic E-state index is 13.0. The Morgan fingerprint density at radius 3 is 2.38 bits per heavy atom. The normalized spacial score (nSPS) is 16.2. The van der Waals surface area contributed by atoms with E-state index in [9.17, 15) is 27.2 Å². The van der Waals surface area contributed by atoms with Crippen LogP contribution in [-0.4, -0.2) is 61.0 Å². The Morgan fingerprint density at radius 1 is 1.09 bits per heavy atom. The number of amides is 2. The second kappa shape index (κ2) is 9.52. The summed E-state index contributed by atoms with van der Waals surface area (Å²) in [5, 5.41) is 2.53. The van der Waals surface area contributed by atoms with Crippen molar-refractivity contribution >= 4 is 23.6 Å². The lowest BCUT2D eigenvalue weighted by Crippen LogP contribution is -2.60. The molecule has 9 heteroatoms. The van der Waals surface area contributed by atoms with Crippen molar-refractivity contribution in [3.05, 3.63) is 71.6 Å². The summed E-state index contributed by atoms with van der Waals surface area (Å²) >= 11 is 0. The number of hydrogen-bond donors (Lipinski definition) is 1. The highest BCUT2D eigenvalue weighted by atomic mass is 19.4. The van der Waals surface area contributed by atoms with Crippen molar-refractivity contribution in [3.63, 3.8) is 0 Å². The molecular weight excluding hydrogens is 426 g/mol.